The van der Waals surface area contributed by atoms with Crippen molar-refractivity contribution in [3.63, 3.8) is 0 Å². The van der Waals surface area contributed by atoms with Crippen LogP contribution in [0.5, 0.6) is 0 Å². The Morgan fingerprint density at radius 2 is 2.25 bits per heavy atom. The molecule has 16 heavy (non-hydrogen) atoms. The average molecular weight is 225 g/mol. The van der Waals surface area contributed by atoms with Gasteiger partial charge in [-0.15, -0.1) is 0 Å². The first-order valence-electron chi connectivity index (χ1n) is 5.92. The second kappa shape index (κ2) is 4.82. The average Bonchev–Trinajstić information content (AvgIpc) is 2.69. The number of hydrogen-bond acceptors (Lipinski definition) is 3. The van der Waals surface area contributed by atoms with Gasteiger partial charge in [0.25, 0.3) is 0 Å². The third-order valence-electron chi connectivity index (χ3n) is 3.44. The zero-order chi connectivity index (χ0) is 11.5. The summed E-state index contributed by atoms with van der Waals surface area (Å²) in [5, 5.41) is 6.00. The van der Waals surface area contributed by atoms with Crippen molar-refractivity contribution >= 4 is 11.8 Å². The lowest BCUT2D eigenvalue weighted by atomic mass is 9.94. The Hall–Kier alpha value is -1.10. The molecule has 2 N–H and O–H groups in total. The van der Waals surface area contributed by atoms with Gasteiger partial charge in [0.15, 0.2) is 0 Å². The van der Waals surface area contributed by atoms with E-state index >= 15 is 0 Å². The van der Waals surface area contributed by atoms with Crippen LogP contribution in [0.15, 0.2) is 0 Å². The Kier molecular flexibility index (Phi) is 3.43. The predicted molar refractivity (Wildman–Crippen MR) is 59.8 cm³/mol. The Labute approximate surface area is 95.6 Å². The molecule has 2 amide bonds. The fourth-order valence-corrected chi connectivity index (χ4v) is 2.56. The molecule has 0 aromatic heterocycles. The molecular formula is C11H19N3O2. The van der Waals surface area contributed by atoms with E-state index in [4.69, 9.17) is 0 Å². The topological polar surface area (TPSA) is 61.4 Å². The van der Waals surface area contributed by atoms with Gasteiger partial charge in [0.1, 0.15) is 0 Å². The van der Waals surface area contributed by atoms with Crippen LogP contribution in [-0.4, -0.2) is 48.9 Å². The number of rotatable bonds is 2. The van der Waals surface area contributed by atoms with E-state index in [1.54, 1.807) is 0 Å². The first-order chi connectivity index (χ1) is 7.66. The lowest BCUT2D eigenvalue weighted by Crippen LogP contribution is -2.42. The molecule has 5 nitrogen and oxygen atoms in total. The molecule has 0 spiro atoms. The Bertz CT molecular complexity index is 279. The largest absolute Gasteiger partial charge is 0.347 e. The van der Waals surface area contributed by atoms with E-state index < -0.39 is 0 Å². The number of hydrogen-bond donors (Lipinski definition) is 2. The van der Waals surface area contributed by atoms with Crippen LogP contribution in [0.3, 0.4) is 0 Å². The van der Waals surface area contributed by atoms with Crippen molar-refractivity contribution in [2.24, 2.45) is 5.92 Å². The molecule has 5 heteroatoms. The van der Waals surface area contributed by atoms with E-state index in [1.807, 2.05) is 4.90 Å². The summed E-state index contributed by atoms with van der Waals surface area (Å²) in [5.74, 6) is 0.490. The summed E-state index contributed by atoms with van der Waals surface area (Å²) >= 11 is 0. The van der Waals surface area contributed by atoms with Crippen molar-refractivity contribution in [3.8, 4) is 0 Å². The van der Waals surface area contributed by atoms with Crippen molar-refractivity contribution in [2.75, 3.05) is 26.2 Å². The van der Waals surface area contributed by atoms with Gasteiger partial charge < -0.3 is 15.5 Å². The summed E-state index contributed by atoms with van der Waals surface area (Å²) in [4.78, 5) is 24.4. The zero-order valence-electron chi connectivity index (χ0n) is 9.66. The number of amides is 2. The molecule has 0 aromatic rings. The predicted octanol–water partition coefficient (Wildman–Crippen LogP) is -0.667. The van der Waals surface area contributed by atoms with Crippen LogP contribution < -0.4 is 10.6 Å². The minimum absolute atomic E-state index is 0.0337. The van der Waals surface area contributed by atoms with Crippen molar-refractivity contribution in [3.05, 3.63) is 0 Å². The van der Waals surface area contributed by atoms with Crippen LogP contribution in [0.2, 0.25) is 0 Å². The molecule has 2 fully saturated rings. The summed E-state index contributed by atoms with van der Waals surface area (Å²) in [6.07, 6.45) is 2.41. The maximum atomic E-state index is 11.8. The number of carbonyl (C=O) groups is 2. The molecule has 2 rings (SSSR count). The van der Waals surface area contributed by atoms with Crippen LogP contribution in [-0.2, 0) is 9.59 Å². The van der Waals surface area contributed by atoms with E-state index in [0.717, 1.165) is 19.6 Å². The summed E-state index contributed by atoms with van der Waals surface area (Å²) in [6, 6.07) is 0.468. The number of piperidine rings is 1. The first kappa shape index (κ1) is 11.4. The molecule has 0 aromatic carbocycles. The molecule has 0 aliphatic carbocycles. The van der Waals surface area contributed by atoms with Gasteiger partial charge in [-0.3, -0.25) is 9.59 Å². The van der Waals surface area contributed by atoms with Gasteiger partial charge in [-0.1, -0.05) is 0 Å². The number of fused-ring (bicyclic) bond motifs is 1. The minimum Gasteiger partial charge on any atom is -0.347 e. The smallest absolute Gasteiger partial charge is 0.242 e. The highest BCUT2D eigenvalue weighted by Gasteiger charge is 2.36. The highest BCUT2D eigenvalue weighted by Crippen LogP contribution is 2.24. The standard InChI is InChI=1S/C11H19N3O2/c1-8(15)13-5-11(16)14-6-9-3-2-4-12-10(9)7-14/h9-10,12H,2-7H2,1H3,(H,13,15). The number of nitrogens with zero attached hydrogens (tertiary/aromatic N) is 1. The lowest BCUT2D eigenvalue weighted by molar-refractivity contribution is -0.131. The molecule has 2 heterocycles. The first-order valence-corrected chi connectivity index (χ1v) is 5.92. The third kappa shape index (κ3) is 2.52. The van der Waals surface area contributed by atoms with Crippen molar-refractivity contribution in [1.82, 2.24) is 15.5 Å². The highest BCUT2D eigenvalue weighted by atomic mass is 16.2. The Morgan fingerprint density at radius 3 is 2.94 bits per heavy atom. The summed E-state index contributed by atoms with van der Waals surface area (Å²) < 4.78 is 0. The van der Waals surface area contributed by atoms with Crippen molar-refractivity contribution in [2.45, 2.75) is 25.8 Å². The van der Waals surface area contributed by atoms with E-state index in [1.165, 1.54) is 19.8 Å². The molecule has 90 valence electrons. The third-order valence-corrected chi connectivity index (χ3v) is 3.44. The second-order valence-electron chi connectivity index (χ2n) is 4.67. The molecule has 0 saturated carbocycles. The minimum atomic E-state index is -0.150. The molecule has 2 aliphatic heterocycles. The van der Waals surface area contributed by atoms with Crippen molar-refractivity contribution in [1.29, 1.82) is 0 Å². The van der Waals surface area contributed by atoms with Gasteiger partial charge in [0, 0.05) is 26.1 Å². The van der Waals surface area contributed by atoms with Gasteiger partial charge in [0.05, 0.1) is 6.54 Å². The Morgan fingerprint density at radius 1 is 1.44 bits per heavy atom. The maximum absolute atomic E-state index is 11.8. The van der Waals surface area contributed by atoms with Crippen LogP contribution >= 0.6 is 0 Å². The fraction of sp³-hybridized carbons (Fsp3) is 0.818. The lowest BCUT2D eigenvalue weighted by Gasteiger charge is -2.24. The summed E-state index contributed by atoms with van der Waals surface area (Å²) in [6.45, 7) is 4.27. The van der Waals surface area contributed by atoms with Crippen LogP contribution in [0.25, 0.3) is 0 Å². The zero-order valence-corrected chi connectivity index (χ0v) is 9.66. The number of nitrogens with one attached hydrogen (secondary N) is 2. The summed E-state index contributed by atoms with van der Waals surface area (Å²) in [7, 11) is 0. The second-order valence-corrected chi connectivity index (χ2v) is 4.67. The fourth-order valence-electron chi connectivity index (χ4n) is 2.56. The van der Waals surface area contributed by atoms with Gasteiger partial charge in [-0.2, -0.15) is 0 Å². The maximum Gasteiger partial charge on any atom is 0.242 e. The SMILES string of the molecule is CC(=O)NCC(=O)N1CC2CCCNC2C1. The van der Waals surface area contributed by atoms with Gasteiger partial charge in [0.2, 0.25) is 11.8 Å². The quantitative estimate of drug-likeness (QED) is 0.655. The normalized spacial score (nSPS) is 28.7. The molecule has 2 atom stereocenters. The molecule has 2 unspecified atom stereocenters. The number of likely N-dealkylation sites (tertiary alicyclic amines) is 1. The van der Waals surface area contributed by atoms with Crippen LogP contribution in [0.1, 0.15) is 19.8 Å². The Balaban J connectivity index is 1.82. The van der Waals surface area contributed by atoms with E-state index in [2.05, 4.69) is 10.6 Å². The molecular weight excluding hydrogens is 206 g/mol. The molecule has 2 aliphatic rings. The van der Waals surface area contributed by atoms with Gasteiger partial charge >= 0.3 is 0 Å². The highest BCUT2D eigenvalue weighted by molar-refractivity contribution is 5.83. The van der Waals surface area contributed by atoms with Crippen LogP contribution in [0, 0.1) is 5.92 Å². The van der Waals surface area contributed by atoms with E-state index in [9.17, 15) is 9.59 Å². The molecule has 2 saturated heterocycles. The van der Waals surface area contributed by atoms with Crippen LogP contribution in [0.4, 0.5) is 0 Å². The van der Waals surface area contributed by atoms with E-state index in [-0.39, 0.29) is 18.4 Å². The summed E-state index contributed by atoms with van der Waals surface area (Å²) in [5.41, 5.74) is 0. The molecule has 0 radical (unpaired) electrons. The number of carbonyl (C=O) groups excluding carboxylic acids is 2. The van der Waals surface area contributed by atoms with Gasteiger partial charge in [-0.25, -0.2) is 0 Å². The molecule has 0 bridgehead atoms. The van der Waals surface area contributed by atoms with Gasteiger partial charge in [-0.05, 0) is 25.3 Å². The van der Waals surface area contributed by atoms with E-state index in [0.29, 0.717) is 12.0 Å². The monoisotopic (exact) mass is 225 g/mol. The van der Waals surface area contributed by atoms with Crippen molar-refractivity contribution < 1.29 is 9.59 Å².